The molecule has 1 aromatic rings. The Balaban J connectivity index is 0.00000180. The molecule has 0 radical (unpaired) electrons. The number of methoxy groups -OCH3 is 1. The molecule has 0 spiro atoms. The molecule has 1 N–H and O–H groups in total. The monoisotopic (exact) mass is 288 g/mol. The molecule has 5 heteroatoms. The Morgan fingerprint density at radius 3 is 2.58 bits per heavy atom. The van der Waals surface area contributed by atoms with Crippen molar-refractivity contribution < 1.29 is 9.13 Å². The van der Waals surface area contributed by atoms with Crippen LogP contribution in [-0.4, -0.2) is 38.2 Å². The highest BCUT2D eigenvalue weighted by Gasteiger charge is 2.21. The first-order chi connectivity index (χ1) is 8.76. The fourth-order valence-electron chi connectivity index (χ4n) is 2.59. The molecule has 1 aliphatic heterocycles. The first-order valence-corrected chi connectivity index (χ1v) is 6.54. The van der Waals surface area contributed by atoms with Crippen molar-refractivity contribution in [3.05, 3.63) is 29.6 Å². The summed E-state index contributed by atoms with van der Waals surface area (Å²) in [5, 5.41) is 3.34. The standard InChI is InChI=1S/C14H21FN2O.ClH/c1-3-13(17-8-6-16-7-9-17)11-4-5-14(18-2)12(15)10-11;/h4-5,10,13,16H,3,6-9H2,1-2H3;1H/t13-;/m0./s1. The number of ether oxygens (including phenoxy) is 1. The van der Waals surface area contributed by atoms with Crippen molar-refractivity contribution in [2.45, 2.75) is 19.4 Å². The summed E-state index contributed by atoms with van der Waals surface area (Å²) >= 11 is 0. The third kappa shape index (κ3) is 3.81. The second kappa shape index (κ2) is 7.68. The molecule has 0 unspecified atom stereocenters. The zero-order valence-electron chi connectivity index (χ0n) is 11.5. The van der Waals surface area contributed by atoms with Gasteiger partial charge in [0.2, 0.25) is 0 Å². The predicted octanol–water partition coefficient (Wildman–Crippen LogP) is 2.61. The van der Waals surface area contributed by atoms with Crippen molar-refractivity contribution >= 4 is 12.4 Å². The molecule has 1 saturated heterocycles. The molecule has 108 valence electrons. The van der Waals surface area contributed by atoms with E-state index in [2.05, 4.69) is 17.1 Å². The van der Waals surface area contributed by atoms with Crippen LogP contribution < -0.4 is 10.1 Å². The fraction of sp³-hybridized carbons (Fsp3) is 0.571. The van der Waals surface area contributed by atoms with Gasteiger partial charge < -0.3 is 10.1 Å². The van der Waals surface area contributed by atoms with E-state index in [9.17, 15) is 4.39 Å². The summed E-state index contributed by atoms with van der Waals surface area (Å²) in [5.41, 5.74) is 1.04. The lowest BCUT2D eigenvalue weighted by Crippen LogP contribution is -2.45. The van der Waals surface area contributed by atoms with Gasteiger partial charge in [0, 0.05) is 32.2 Å². The highest BCUT2D eigenvalue weighted by atomic mass is 35.5. The van der Waals surface area contributed by atoms with Gasteiger partial charge in [-0.15, -0.1) is 12.4 Å². The molecule has 1 aliphatic rings. The summed E-state index contributed by atoms with van der Waals surface area (Å²) < 4.78 is 18.7. The number of benzene rings is 1. The predicted molar refractivity (Wildman–Crippen MR) is 77.7 cm³/mol. The molecule has 0 saturated carbocycles. The van der Waals surface area contributed by atoms with Gasteiger partial charge in [-0.25, -0.2) is 4.39 Å². The largest absolute Gasteiger partial charge is 0.494 e. The summed E-state index contributed by atoms with van der Waals surface area (Å²) in [4.78, 5) is 2.41. The number of rotatable bonds is 4. The maximum absolute atomic E-state index is 13.8. The van der Waals surface area contributed by atoms with Gasteiger partial charge in [0.15, 0.2) is 11.6 Å². The lowest BCUT2D eigenvalue weighted by molar-refractivity contribution is 0.169. The third-order valence-electron chi connectivity index (χ3n) is 3.54. The highest BCUT2D eigenvalue weighted by Crippen LogP contribution is 2.28. The van der Waals surface area contributed by atoms with Gasteiger partial charge in [-0.3, -0.25) is 4.90 Å². The highest BCUT2D eigenvalue weighted by molar-refractivity contribution is 5.85. The topological polar surface area (TPSA) is 24.5 Å². The van der Waals surface area contributed by atoms with E-state index in [0.717, 1.165) is 38.2 Å². The van der Waals surface area contributed by atoms with Crippen molar-refractivity contribution in [2.75, 3.05) is 33.3 Å². The molecule has 0 amide bonds. The molecule has 3 nitrogen and oxygen atoms in total. The molecule has 0 aliphatic carbocycles. The van der Waals surface area contributed by atoms with Crippen molar-refractivity contribution in [3.8, 4) is 5.75 Å². The van der Waals surface area contributed by atoms with E-state index in [4.69, 9.17) is 4.74 Å². The van der Waals surface area contributed by atoms with Gasteiger partial charge in [-0.1, -0.05) is 13.0 Å². The zero-order chi connectivity index (χ0) is 13.0. The number of halogens is 2. The van der Waals surface area contributed by atoms with Crippen LogP contribution in [0.5, 0.6) is 5.75 Å². The number of hydrogen-bond acceptors (Lipinski definition) is 3. The van der Waals surface area contributed by atoms with Gasteiger partial charge in [0.25, 0.3) is 0 Å². The number of nitrogens with zero attached hydrogens (tertiary/aromatic N) is 1. The summed E-state index contributed by atoms with van der Waals surface area (Å²) in [7, 11) is 1.49. The lowest BCUT2D eigenvalue weighted by Gasteiger charge is -2.34. The van der Waals surface area contributed by atoms with Gasteiger partial charge in [-0.05, 0) is 24.1 Å². The quantitative estimate of drug-likeness (QED) is 0.922. The Bertz CT molecular complexity index is 397. The average Bonchev–Trinajstić information content (AvgIpc) is 2.41. The second-order valence-electron chi connectivity index (χ2n) is 4.60. The zero-order valence-corrected chi connectivity index (χ0v) is 12.3. The molecule has 0 aromatic heterocycles. The van der Waals surface area contributed by atoms with Crippen molar-refractivity contribution in [2.24, 2.45) is 0 Å². The van der Waals surface area contributed by atoms with Crippen molar-refractivity contribution in [1.29, 1.82) is 0 Å². The molecule has 1 heterocycles. The molecule has 1 fully saturated rings. The molecular weight excluding hydrogens is 267 g/mol. The Labute approximate surface area is 120 Å². The van der Waals surface area contributed by atoms with Crippen LogP contribution in [0.4, 0.5) is 4.39 Å². The van der Waals surface area contributed by atoms with Crippen molar-refractivity contribution in [3.63, 3.8) is 0 Å². The molecular formula is C14H22ClFN2O. The van der Waals surface area contributed by atoms with E-state index >= 15 is 0 Å². The van der Waals surface area contributed by atoms with Gasteiger partial charge in [0.05, 0.1) is 7.11 Å². The minimum Gasteiger partial charge on any atom is -0.494 e. The van der Waals surface area contributed by atoms with Crippen LogP contribution in [0.2, 0.25) is 0 Å². The van der Waals surface area contributed by atoms with Crippen LogP contribution in [0.1, 0.15) is 24.9 Å². The Morgan fingerprint density at radius 1 is 1.37 bits per heavy atom. The van der Waals surface area contributed by atoms with Crippen LogP contribution in [0.25, 0.3) is 0 Å². The van der Waals surface area contributed by atoms with Crippen LogP contribution in [0, 0.1) is 5.82 Å². The summed E-state index contributed by atoms with van der Waals surface area (Å²) in [6, 6.07) is 5.59. The van der Waals surface area contributed by atoms with E-state index in [-0.39, 0.29) is 18.2 Å². The van der Waals surface area contributed by atoms with E-state index in [1.807, 2.05) is 6.07 Å². The Morgan fingerprint density at radius 2 is 2.05 bits per heavy atom. The minimum atomic E-state index is -0.274. The van der Waals surface area contributed by atoms with E-state index in [1.165, 1.54) is 7.11 Å². The number of piperazine rings is 1. The van der Waals surface area contributed by atoms with Gasteiger partial charge in [-0.2, -0.15) is 0 Å². The molecule has 0 bridgehead atoms. The average molecular weight is 289 g/mol. The Kier molecular flexibility index (Phi) is 6.55. The van der Waals surface area contributed by atoms with Crippen LogP contribution in [-0.2, 0) is 0 Å². The molecule has 1 atom stereocenters. The van der Waals surface area contributed by atoms with Gasteiger partial charge >= 0.3 is 0 Å². The number of nitrogens with one attached hydrogen (secondary N) is 1. The van der Waals surface area contributed by atoms with Gasteiger partial charge in [0.1, 0.15) is 0 Å². The smallest absolute Gasteiger partial charge is 0.165 e. The molecule has 2 rings (SSSR count). The SMILES string of the molecule is CC[C@@H](c1ccc(OC)c(F)c1)N1CCNCC1.Cl. The lowest BCUT2D eigenvalue weighted by atomic mass is 10.0. The van der Waals surface area contributed by atoms with Crippen LogP contribution in [0.15, 0.2) is 18.2 Å². The summed E-state index contributed by atoms with van der Waals surface area (Å²) in [6.07, 6.45) is 0.992. The fourth-order valence-corrected chi connectivity index (χ4v) is 2.59. The normalized spacial score (nSPS) is 17.6. The first kappa shape index (κ1) is 16.2. The van der Waals surface area contributed by atoms with E-state index < -0.39 is 0 Å². The van der Waals surface area contributed by atoms with E-state index in [1.54, 1.807) is 12.1 Å². The number of hydrogen-bond donors (Lipinski definition) is 1. The van der Waals surface area contributed by atoms with E-state index in [0.29, 0.717) is 11.8 Å². The summed E-state index contributed by atoms with van der Waals surface area (Å²) in [5.74, 6) is 0.0394. The third-order valence-corrected chi connectivity index (χ3v) is 3.54. The minimum absolute atomic E-state index is 0. The summed E-state index contributed by atoms with van der Waals surface area (Å²) in [6.45, 7) is 6.21. The maximum atomic E-state index is 13.8. The molecule has 1 aromatic carbocycles. The first-order valence-electron chi connectivity index (χ1n) is 6.54. The maximum Gasteiger partial charge on any atom is 0.165 e. The molecule has 19 heavy (non-hydrogen) atoms. The van der Waals surface area contributed by atoms with Crippen molar-refractivity contribution in [1.82, 2.24) is 10.2 Å². The Hall–Kier alpha value is -0.840. The van der Waals surface area contributed by atoms with Crippen LogP contribution in [0.3, 0.4) is 0 Å². The second-order valence-corrected chi connectivity index (χ2v) is 4.60. The van der Waals surface area contributed by atoms with Crippen LogP contribution >= 0.6 is 12.4 Å².